The van der Waals surface area contributed by atoms with Crippen LogP contribution in [0, 0.1) is 17.8 Å². The van der Waals surface area contributed by atoms with E-state index in [-0.39, 0.29) is 8.80 Å². The maximum absolute atomic E-state index is 5.77. The molecule has 2 heteroatoms. The Kier molecular flexibility index (Phi) is 2.63. The molecule has 95 valence electrons. The summed E-state index contributed by atoms with van der Waals surface area (Å²) in [6.45, 7) is 2.48. The summed E-state index contributed by atoms with van der Waals surface area (Å²) < 4.78 is 5.77. The number of hydrogen-bond acceptors (Lipinski definition) is 1. The van der Waals surface area contributed by atoms with Gasteiger partial charge in [-0.25, -0.2) is 0 Å². The molecular weight excluding hydrogens is 236 g/mol. The highest BCUT2D eigenvalue weighted by molar-refractivity contribution is 6.71. The third-order valence-electron chi connectivity index (χ3n) is 5.39. The molecular formula is C16H21OSi. The highest BCUT2D eigenvalue weighted by atomic mass is 28.3. The van der Waals surface area contributed by atoms with E-state index >= 15 is 0 Å². The van der Waals surface area contributed by atoms with E-state index in [0.717, 1.165) is 17.8 Å². The van der Waals surface area contributed by atoms with Crippen molar-refractivity contribution in [3.63, 3.8) is 0 Å². The molecule has 0 N–H and O–H groups in total. The normalized spacial score (nSPS) is 40.2. The molecule has 18 heavy (non-hydrogen) atoms. The number of rotatable bonds is 4. The van der Waals surface area contributed by atoms with Gasteiger partial charge in [-0.05, 0) is 30.6 Å². The van der Waals surface area contributed by atoms with Gasteiger partial charge in [0.15, 0.2) is 0 Å². The molecule has 3 aliphatic rings. The first kappa shape index (κ1) is 11.2. The van der Waals surface area contributed by atoms with Crippen LogP contribution in [0.5, 0.6) is 0 Å². The van der Waals surface area contributed by atoms with Crippen molar-refractivity contribution in [2.75, 3.05) is 0 Å². The van der Waals surface area contributed by atoms with Gasteiger partial charge in [-0.1, -0.05) is 54.5 Å². The molecule has 3 fully saturated rings. The largest absolute Gasteiger partial charge is 0.369 e. The van der Waals surface area contributed by atoms with E-state index in [1.165, 1.54) is 25.3 Å². The molecule has 1 heterocycles. The van der Waals surface area contributed by atoms with E-state index in [0.29, 0.717) is 12.2 Å². The Morgan fingerprint density at radius 3 is 2.72 bits per heavy atom. The second kappa shape index (κ2) is 4.21. The Bertz CT molecular complexity index is 432. The van der Waals surface area contributed by atoms with Gasteiger partial charge in [-0.3, -0.25) is 0 Å². The average molecular weight is 257 g/mol. The minimum atomic E-state index is -0.315. The van der Waals surface area contributed by atoms with Crippen molar-refractivity contribution in [1.82, 2.24) is 0 Å². The fourth-order valence-corrected chi connectivity index (χ4v) is 6.19. The molecule has 2 aliphatic carbocycles. The van der Waals surface area contributed by atoms with Crippen molar-refractivity contribution >= 4 is 14.0 Å². The topological polar surface area (TPSA) is 12.5 Å². The van der Waals surface area contributed by atoms with Crippen molar-refractivity contribution in [2.24, 2.45) is 17.8 Å². The Labute approximate surface area is 111 Å². The van der Waals surface area contributed by atoms with E-state index < -0.39 is 0 Å². The Hall–Kier alpha value is -0.603. The lowest BCUT2D eigenvalue weighted by Gasteiger charge is -2.20. The molecule has 1 nitrogen and oxygen atoms in total. The zero-order valence-electron chi connectivity index (χ0n) is 11.0. The Balaban J connectivity index is 1.34. The third-order valence-corrected chi connectivity index (χ3v) is 7.75. The summed E-state index contributed by atoms with van der Waals surface area (Å²) in [5.41, 5.74) is 0. The predicted molar refractivity (Wildman–Crippen MR) is 75.5 cm³/mol. The lowest BCUT2D eigenvalue weighted by atomic mass is 9.87. The number of hydrogen-bond donors (Lipinski definition) is 0. The van der Waals surface area contributed by atoms with Crippen LogP contribution in [0.3, 0.4) is 0 Å². The number of benzene rings is 1. The van der Waals surface area contributed by atoms with Crippen molar-refractivity contribution in [3.05, 3.63) is 30.3 Å². The summed E-state index contributed by atoms with van der Waals surface area (Å²) in [5.74, 6) is 2.86. The highest BCUT2D eigenvalue weighted by Gasteiger charge is 2.62. The van der Waals surface area contributed by atoms with E-state index in [9.17, 15) is 0 Å². The molecule has 0 spiro atoms. The summed E-state index contributed by atoms with van der Waals surface area (Å²) in [7, 11) is -0.315. The average Bonchev–Trinajstić information content (AvgIpc) is 3.03. The van der Waals surface area contributed by atoms with Gasteiger partial charge in [-0.15, -0.1) is 0 Å². The van der Waals surface area contributed by atoms with Gasteiger partial charge in [0.05, 0.1) is 21.0 Å². The van der Waals surface area contributed by atoms with E-state index in [1.54, 1.807) is 5.19 Å². The van der Waals surface area contributed by atoms with Gasteiger partial charge < -0.3 is 4.74 Å². The summed E-state index contributed by atoms with van der Waals surface area (Å²) in [4.78, 5) is 0. The third kappa shape index (κ3) is 1.78. The molecule has 1 aliphatic heterocycles. The van der Waals surface area contributed by atoms with Crippen LogP contribution in [0.1, 0.15) is 19.3 Å². The minimum absolute atomic E-state index is 0.315. The standard InChI is InChI=1S/C16H21OSi/c1-18(13-5-3-2-4-6-13)8-7-11-9-12-10-14(11)16-15(12)17-16/h2-6,11-12,14-16H,7-10H2,1H3. The number of epoxide rings is 1. The fourth-order valence-electron chi connectivity index (χ4n) is 4.33. The Morgan fingerprint density at radius 2 is 2.00 bits per heavy atom. The van der Waals surface area contributed by atoms with Crippen molar-refractivity contribution in [1.29, 1.82) is 0 Å². The van der Waals surface area contributed by atoms with Crippen LogP contribution in [-0.2, 0) is 4.74 Å². The van der Waals surface area contributed by atoms with Crippen LogP contribution in [0.2, 0.25) is 12.6 Å². The smallest absolute Gasteiger partial charge is 0.0875 e. The van der Waals surface area contributed by atoms with Crippen molar-refractivity contribution in [2.45, 2.75) is 44.1 Å². The van der Waals surface area contributed by atoms with Gasteiger partial charge in [0.2, 0.25) is 0 Å². The lowest BCUT2D eigenvalue weighted by molar-refractivity contribution is 0.248. The molecule has 1 aromatic rings. The maximum Gasteiger partial charge on any atom is 0.0875 e. The quantitative estimate of drug-likeness (QED) is 0.597. The van der Waals surface area contributed by atoms with Gasteiger partial charge in [0.1, 0.15) is 0 Å². The molecule has 1 aromatic carbocycles. The van der Waals surface area contributed by atoms with Gasteiger partial charge >= 0.3 is 0 Å². The summed E-state index contributed by atoms with van der Waals surface area (Å²) in [5, 5.41) is 1.60. The first-order valence-corrected chi connectivity index (χ1v) is 9.57. The van der Waals surface area contributed by atoms with Crippen LogP contribution in [-0.4, -0.2) is 21.0 Å². The molecule has 2 saturated carbocycles. The summed E-state index contributed by atoms with van der Waals surface area (Å²) >= 11 is 0. The fraction of sp³-hybridized carbons (Fsp3) is 0.625. The van der Waals surface area contributed by atoms with Crippen LogP contribution < -0.4 is 5.19 Å². The maximum atomic E-state index is 5.77. The first-order chi connectivity index (χ1) is 8.83. The molecule has 5 unspecified atom stereocenters. The monoisotopic (exact) mass is 257 g/mol. The van der Waals surface area contributed by atoms with Crippen LogP contribution in [0.4, 0.5) is 0 Å². The lowest BCUT2D eigenvalue weighted by Crippen LogP contribution is -2.27. The second-order valence-corrected chi connectivity index (χ2v) is 9.04. The molecule has 0 amide bonds. The van der Waals surface area contributed by atoms with Crippen LogP contribution in [0.15, 0.2) is 30.3 Å². The number of ether oxygens (including phenoxy) is 1. The predicted octanol–water partition coefficient (Wildman–Crippen LogP) is 2.83. The Morgan fingerprint density at radius 1 is 1.17 bits per heavy atom. The highest BCUT2D eigenvalue weighted by Crippen LogP contribution is 2.59. The van der Waals surface area contributed by atoms with Crippen molar-refractivity contribution in [3.8, 4) is 0 Å². The van der Waals surface area contributed by atoms with Gasteiger partial charge in [0, 0.05) is 0 Å². The minimum Gasteiger partial charge on any atom is -0.369 e. The molecule has 4 rings (SSSR count). The molecule has 1 saturated heterocycles. The molecule has 1 radical (unpaired) electrons. The zero-order chi connectivity index (χ0) is 12.1. The van der Waals surface area contributed by atoms with Gasteiger partial charge in [0.25, 0.3) is 0 Å². The van der Waals surface area contributed by atoms with Crippen LogP contribution >= 0.6 is 0 Å². The summed E-state index contributed by atoms with van der Waals surface area (Å²) in [6, 6.07) is 12.6. The van der Waals surface area contributed by atoms with E-state index in [1.807, 2.05) is 0 Å². The van der Waals surface area contributed by atoms with Crippen LogP contribution in [0.25, 0.3) is 0 Å². The van der Waals surface area contributed by atoms with Gasteiger partial charge in [-0.2, -0.15) is 0 Å². The first-order valence-electron chi connectivity index (χ1n) is 7.36. The van der Waals surface area contributed by atoms with E-state index in [4.69, 9.17) is 4.74 Å². The molecule has 0 aromatic heterocycles. The van der Waals surface area contributed by atoms with Crippen molar-refractivity contribution < 1.29 is 4.74 Å². The summed E-state index contributed by atoms with van der Waals surface area (Å²) in [6.07, 6.45) is 5.80. The second-order valence-electron chi connectivity index (χ2n) is 6.41. The SMILES string of the molecule is C[Si](CCC1CC2CC1C1OC21)c1ccccc1. The molecule has 2 bridgehead atoms. The molecule has 5 atom stereocenters. The number of fused-ring (bicyclic) bond motifs is 5. The zero-order valence-corrected chi connectivity index (χ0v) is 12.0. The van der Waals surface area contributed by atoms with E-state index in [2.05, 4.69) is 36.9 Å².